The molecule has 0 bridgehead atoms. The normalized spacial score (nSPS) is 18.6. The van der Waals surface area contributed by atoms with Crippen LogP contribution in [-0.4, -0.2) is 23.7 Å². The zero-order valence-corrected chi connectivity index (χ0v) is 14.9. The van der Waals surface area contributed by atoms with Gasteiger partial charge in [-0.1, -0.05) is 23.2 Å². The van der Waals surface area contributed by atoms with Gasteiger partial charge in [0.2, 0.25) is 0 Å². The molecule has 5 nitrogen and oxygen atoms in total. The number of hydrogen-bond acceptors (Lipinski definition) is 3. The van der Waals surface area contributed by atoms with Gasteiger partial charge in [0.05, 0.1) is 16.7 Å². The van der Waals surface area contributed by atoms with Crippen LogP contribution in [0.5, 0.6) is 5.75 Å². The first-order chi connectivity index (χ1) is 12.0. The summed E-state index contributed by atoms with van der Waals surface area (Å²) in [6.45, 7) is 2.27. The van der Waals surface area contributed by atoms with Crippen molar-refractivity contribution >= 4 is 35.1 Å². The van der Waals surface area contributed by atoms with Gasteiger partial charge in [0.15, 0.2) is 0 Å². The van der Waals surface area contributed by atoms with Crippen molar-refractivity contribution in [3.05, 3.63) is 51.9 Å². The van der Waals surface area contributed by atoms with E-state index in [1.54, 1.807) is 12.1 Å². The minimum atomic E-state index is -0.417. The topological polar surface area (TPSA) is 63.2 Å². The van der Waals surface area contributed by atoms with E-state index in [9.17, 15) is 9.18 Å². The summed E-state index contributed by atoms with van der Waals surface area (Å²) in [4.78, 5) is 16.0. The molecule has 2 atom stereocenters. The molecule has 1 aliphatic carbocycles. The van der Waals surface area contributed by atoms with Crippen LogP contribution >= 0.6 is 23.2 Å². The number of anilines is 1. The molecule has 2 N–H and O–H groups in total. The summed E-state index contributed by atoms with van der Waals surface area (Å²) < 4.78 is 19.6. The lowest BCUT2D eigenvalue weighted by Crippen LogP contribution is -2.31. The van der Waals surface area contributed by atoms with Crippen LogP contribution in [0.4, 0.5) is 15.0 Å². The van der Waals surface area contributed by atoms with Crippen LogP contribution in [0.1, 0.15) is 24.8 Å². The monoisotopic (exact) mass is 383 g/mol. The molecule has 1 aliphatic rings. The maximum atomic E-state index is 14.2. The van der Waals surface area contributed by atoms with Crippen molar-refractivity contribution in [2.45, 2.75) is 25.3 Å². The number of amides is 2. The lowest BCUT2D eigenvalue weighted by atomic mass is 10.1. The fourth-order valence-electron chi connectivity index (χ4n) is 2.60. The van der Waals surface area contributed by atoms with E-state index in [1.807, 2.05) is 6.92 Å². The molecule has 3 rings (SSSR count). The number of carbonyl (C=O) groups excluding carboxylic acids is 1. The van der Waals surface area contributed by atoms with Gasteiger partial charge in [0, 0.05) is 23.7 Å². The molecule has 25 heavy (non-hydrogen) atoms. The summed E-state index contributed by atoms with van der Waals surface area (Å²) in [6.07, 6.45) is 2.04. The molecule has 1 unspecified atom stereocenters. The third-order valence-corrected chi connectivity index (χ3v) is 4.45. The first-order valence-electron chi connectivity index (χ1n) is 7.79. The average Bonchev–Trinajstić information content (AvgIpc) is 3.31. The Labute approximate surface area is 154 Å². The zero-order chi connectivity index (χ0) is 18.0. The Bertz CT molecular complexity index is 786. The highest BCUT2D eigenvalue weighted by Crippen LogP contribution is 2.47. The minimum absolute atomic E-state index is 0.183. The molecule has 2 amide bonds. The summed E-state index contributed by atoms with van der Waals surface area (Å²) >= 11 is 12.0. The number of hydrogen-bond donors (Lipinski definition) is 2. The Hall–Kier alpha value is -2.05. The molecule has 1 aromatic carbocycles. The number of benzene rings is 1. The lowest BCUT2D eigenvalue weighted by Gasteiger charge is -2.12. The van der Waals surface area contributed by atoms with Crippen molar-refractivity contribution in [3.8, 4) is 5.75 Å². The zero-order valence-electron chi connectivity index (χ0n) is 13.4. The summed E-state index contributed by atoms with van der Waals surface area (Å²) in [5.74, 6) is 0.238. The van der Waals surface area contributed by atoms with E-state index < -0.39 is 11.8 Å². The van der Waals surface area contributed by atoms with Gasteiger partial charge < -0.3 is 10.1 Å². The van der Waals surface area contributed by atoms with Gasteiger partial charge in [0.1, 0.15) is 17.4 Å². The predicted octanol–water partition coefficient (Wildman–Crippen LogP) is 4.60. The summed E-state index contributed by atoms with van der Waals surface area (Å²) in [5.41, 5.74) is 0.377. The largest absolute Gasteiger partial charge is 0.492 e. The Kier molecular flexibility index (Phi) is 5.30. The number of rotatable bonds is 5. The van der Waals surface area contributed by atoms with Crippen LogP contribution in [0.3, 0.4) is 0 Å². The first-order valence-corrected chi connectivity index (χ1v) is 8.55. The van der Waals surface area contributed by atoms with Crippen LogP contribution in [0.25, 0.3) is 0 Å². The molecule has 8 heteroatoms. The summed E-state index contributed by atoms with van der Waals surface area (Å²) in [6, 6.07) is 5.44. The SMILES string of the molecule is CCOc1ccc(F)c(C2C[C@@H]2NC(=O)Nc2ccc(Cl)cn2)c1Cl. The maximum Gasteiger partial charge on any atom is 0.320 e. The number of urea groups is 1. The van der Waals surface area contributed by atoms with E-state index in [1.165, 1.54) is 18.3 Å². The summed E-state index contributed by atoms with van der Waals surface area (Å²) in [5, 5.41) is 6.12. The van der Waals surface area contributed by atoms with Crippen molar-refractivity contribution in [1.82, 2.24) is 10.3 Å². The fourth-order valence-corrected chi connectivity index (χ4v) is 3.06. The van der Waals surface area contributed by atoms with Crippen molar-refractivity contribution in [2.24, 2.45) is 0 Å². The van der Waals surface area contributed by atoms with E-state index in [2.05, 4.69) is 15.6 Å². The standard InChI is InChI=1S/C17H16Cl2FN3O2/c1-2-25-13-5-4-11(20)15(16(13)19)10-7-12(10)22-17(24)23-14-6-3-9(18)8-21-14/h3-6,8,10,12H,2,7H2,1H3,(H2,21,22,23,24)/t10?,12-/m0/s1. The quantitative estimate of drug-likeness (QED) is 0.792. The van der Waals surface area contributed by atoms with E-state index >= 15 is 0 Å². The van der Waals surface area contributed by atoms with Gasteiger partial charge >= 0.3 is 6.03 Å². The third kappa shape index (κ3) is 4.14. The Morgan fingerprint density at radius 2 is 2.16 bits per heavy atom. The molecule has 1 heterocycles. The number of carbonyl (C=O) groups is 1. The molecule has 0 aliphatic heterocycles. The van der Waals surface area contributed by atoms with Crippen LogP contribution in [-0.2, 0) is 0 Å². The van der Waals surface area contributed by atoms with Crippen LogP contribution in [0.15, 0.2) is 30.5 Å². The van der Waals surface area contributed by atoms with Crippen molar-refractivity contribution in [1.29, 1.82) is 0 Å². The lowest BCUT2D eigenvalue weighted by molar-refractivity contribution is 0.251. The molecule has 1 aromatic heterocycles. The van der Waals surface area contributed by atoms with E-state index in [0.29, 0.717) is 35.2 Å². The second kappa shape index (κ2) is 7.45. The maximum absolute atomic E-state index is 14.2. The third-order valence-electron chi connectivity index (χ3n) is 3.84. The van der Waals surface area contributed by atoms with Crippen LogP contribution < -0.4 is 15.4 Å². The van der Waals surface area contributed by atoms with Gasteiger partial charge in [0.25, 0.3) is 0 Å². The average molecular weight is 384 g/mol. The highest BCUT2D eigenvalue weighted by atomic mass is 35.5. The van der Waals surface area contributed by atoms with Crippen molar-refractivity contribution in [3.63, 3.8) is 0 Å². The Morgan fingerprint density at radius 3 is 2.84 bits per heavy atom. The second-order valence-electron chi connectivity index (χ2n) is 5.61. The molecule has 2 aromatic rings. The number of aromatic nitrogens is 1. The van der Waals surface area contributed by atoms with E-state index in [4.69, 9.17) is 27.9 Å². The van der Waals surface area contributed by atoms with Gasteiger partial charge in [-0.15, -0.1) is 0 Å². The smallest absolute Gasteiger partial charge is 0.320 e. The van der Waals surface area contributed by atoms with Crippen LogP contribution in [0.2, 0.25) is 10.0 Å². The number of nitrogens with one attached hydrogen (secondary N) is 2. The van der Waals surface area contributed by atoms with Gasteiger partial charge in [-0.25, -0.2) is 14.2 Å². The molecular weight excluding hydrogens is 368 g/mol. The van der Waals surface area contributed by atoms with E-state index in [-0.39, 0.29) is 17.0 Å². The summed E-state index contributed by atoms with van der Waals surface area (Å²) in [7, 11) is 0. The molecule has 0 spiro atoms. The Morgan fingerprint density at radius 1 is 1.36 bits per heavy atom. The second-order valence-corrected chi connectivity index (χ2v) is 6.43. The van der Waals surface area contributed by atoms with Gasteiger partial charge in [-0.2, -0.15) is 0 Å². The van der Waals surface area contributed by atoms with Crippen molar-refractivity contribution < 1.29 is 13.9 Å². The van der Waals surface area contributed by atoms with E-state index in [0.717, 1.165) is 0 Å². The molecule has 0 radical (unpaired) electrons. The van der Waals surface area contributed by atoms with Gasteiger partial charge in [-0.3, -0.25) is 5.32 Å². The van der Waals surface area contributed by atoms with Crippen LogP contribution in [0, 0.1) is 5.82 Å². The van der Waals surface area contributed by atoms with Crippen molar-refractivity contribution in [2.75, 3.05) is 11.9 Å². The van der Waals surface area contributed by atoms with Gasteiger partial charge in [-0.05, 0) is 37.6 Å². The Balaban J connectivity index is 1.64. The first kappa shape index (κ1) is 17.8. The predicted molar refractivity (Wildman–Crippen MR) is 95.1 cm³/mol. The minimum Gasteiger partial charge on any atom is -0.492 e. The number of halogens is 3. The molecular formula is C17H16Cl2FN3O2. The highest BCUT2D eigenvalue weighted by molar-refractivity contribution is 6.33. The molecule has 1 saturated carbocycles. The number of nitrogens with zero attached hydrogens (tertiary/aromatic N) is 1. The molecule has 1 fully saturated rings. The number of pyridine rings is 1. The molecule has 0 saturated heterocycles. The highest BCUT2D eigenvalue weighted by Gasteiger charge is 2.43. The molecule has 132 valence electrons. The fraction of sp³-hybridized carbons (Fsp3) is 0.294. The number of ether oxygens (including phenoxy) is 1.